The number of hydrogen-bond donors (Lipinski definition) is 0. The number of benzene rings is 1. The quantitative estimate of drug-likeness (QED) is 0.756. The second kappa shape index (κ2) is 8.15. The second-order valence-corrected chi connectivity index (χ2v) is 5.61. The van der Waals surface area contributed by atoms with Crippen molar-refractivity contribution >= 4 is 11.7 Å². The Hall–Kier alpha value is -1.82. The highest BCUT2D eigenvalue weighted by Crippen LogP contribution is 2.16. The minimum Gasteiger partial charge on any atom is -0.377 e. The molecule has 1 aromatic carbocycles. The standard InChI is InChI=1S/C17H21F2NO3/c1-2-23-13-4-3-9-20(11-13)17(22)8-7-16(21)12-5-6-14(18)15(19)10-12/h5-6,10,13H,2-4,7-9,11H2,1H3. The maximum Gasteiger partial charge on any atom is 0.223 e. The van der Waals surface area contributed by atoms with Crippen LogP contribution in [0, 0.1) is 11.6 Å². The Morgan fingerprint density at radius 3 is 2.74 bits per heavy atom. The lowest BCUT2D eigenvalue weighted by atomic mass is 10.0. The molecule has 4 nitrogen and oxygen atoms in total. The van der Waals surface area contributed by atoms with Crippen LogP contribution in [-0.2, 0) is 9.53 Å². The number of ketones is 1. The van der Waals surface area contributed by atoms with E-state index < -0.39 is 11.6 Å². The van der Waals surface area contributed by atoms with E-state index in [1.54, 1.807) is 4.90 Å². The molecule has 0 aliphatic carbocycles. The molecule has 0 saturated carbocycles. The van der Waals surface area contributed by atoms with Crippen LogP contribution in [0.3, 0.4) is 0 Å². The second-order valence-electron chi connectivity index (χ2n) is 5.61. The first kappa shape index (κ1) is 17.5. The monoisotopic (exact) mass is 325 g/mol. The lowest BCUT2D eigenvalue weighted by Gasteiger charge is -2.32. The van der Waals surface area contributed by atoms with Gasteiger partial charge in [0.05, 0.1) is 6.10 Å². The van der Waals surface area contributed by atoms with Crippen LogP contribution in [0.5, 0.6) is 0 Å². The molecule has 1 saturated heterocycles. The minimum absolute atomic E-state index is 0.0142. The molecule has 1 atom stereocenters. The summed E-state index contributed by atoms with van der Waals surface area (Å²) in [7, 11) is 0. The van der Waals surface area contributed by atoms with E-state index in [0.717, 1.165) is 25.0 Å². The zero-order valence-corrected chi connectivity index (χ0v) is 13.2. The molecule has 0 radical (unpaired) electrons. The summed E-state index contributed by atoms with van der Waals surface area (Å²) in [6.07, 6.45) is 1.93. The van der Waals surface area contributed by atoms with Crippen molar-refractivity contribution < 1.29 is 23.1 Å². The molecule has 2 rings (SSSR count). The van der Waals surface area contributed by atoms with Crippen molar-refractivity contribution in [1.82, 2.24) is 4.90 Å². The summed E-state index contributed by atoms with van der Waals surface area (Å²) in [5, 5.41) is 0. The number of Topliss-reactive ketones (excluding diaryl/α,β-unsaturated/α-hetero) is 1. The zero-order valence-electron chi connectivity index (χ0n) is 13.2. The van der Waals surface area contributed by atoms with Gasteiger partial charge in [-0.1, -0.05) is 0 Å². The summed E-state index contributed by atoms with van der Waals surface area (Å²) < 4.78 is 31.5. The average Bonchev–Trinajstić information content (AvgIpc) is 2.55. The molecule has 0 spiro atoms. The van der Waals surface area contributed by atoms with Gasteiger partial charge in [0.15, 0.2) is 17.4 Å². The van der Waals surface area contributed by atoms with Gasteiger partial charge in [-0.15, -0.1) is 0 Å². The SMILES string of the molecule is CCOC1CCCN(C(=O)CCC(=O)c2ccc(F)c(F)c2)C1. The normalized spacial score (nSPS) is 18.0. The first-order valence-corrected chi connectivity index (χ1v) is 7.89. The van der Waals surface area contributed by atoms with Gasteiger partial charge in [0, 0.05) is 38.1 Å². The fourth-order valence-electron chi connectivity index (χ4n) is 2.73. The third-order valence-corrected chi connectivity index (χ3v) is 3.94. The van der Waals surface area contributed by atoms with Crippen molar-refractivity contribution in [3.63, 3.8) is 0 Å². The maximum atomic E-state index is 13.1. The maximum absolute atomic E-state index is 13.1. The van der Waals surface area contributed by atoms with Crippen LogP contribution in [0.4, 0.5) is 8.78 Å². The molecule has 23 heavy (non-hydrogen) atoms. The highest BCUT2D eigenvalue weighted by atomic mass is 19.2. The van der Waals surface area contributed by atoms with E-state index in [1.807, 2.05) is 6.92 Å². The number of piperidine rings is 1. The van der Waals surface area contributed by atoms with E-state index in [0.29, 0.717) is 19.7 Å². The predicted octanol–water partition coefficient (Wildman–Crippen LogP) is 2.96. The predicted molar refractivity (Wildman–Crippen MR) is 81.2 cm³/mol. The van der Waals surface area contributed by atoms with E-state index in [1.165, 1.54) is 6.07 Å². The lowest BCUT2D eigenvalue weighted by Crippen LogP contribution is -2.43. The number of carbonyl (C=O) groups excluding carboxylic acids is 2. The highest BCUT2D eigenvalue weighted by molar-refractivity contribution is 5.97. The van der Waals surface area contributed by atoms with Crippen molar-refractivity contribution in [2.45, 2.75) is 38.7 Å². The molecule has 1 fully saturated rings. The van der Waals surface area contributed by atoms with Crippen molar-refractivity contribution in [3.8, 4) is 0 Å². The molecule has 0 aromatic heterocycles. The van der Waals surface area contributed by atoms with E-state index in [-0.39, 0.29) is 36.2 Å². The molecule has 1 aliphatic heterocycles. The van der Waals surface area contributed by atoms with Gasteiger partial charge < -0.3 is 9.64 Å². The first-order chi connectivity index (χ1) is 11.0. The summed E-state index contributed by atoms with van der Waals surface area (Å²) in [6, 6.07) is 3.02. The minimum atomic E-state index is -1.06. The van der Waals surface area contributed by atoms with Gasteiger partial charge in [0.25, 0.3) is 0 Å². The van der Waals surface area contributed by atoms with Crippen molar-refractivity contribution in [3.05, 3.63) is 35.4 Å². The largest absolute Gasteiger partial charge is 0.377 e. The van der Waals surface area contributed by atoms with Crippen molar-refractivity contribution in [2.75, 3.05) is 19.7 Å². The number of amides is 1. The van der Waals surface area contributed by atoms with E-state index in [9.17, 15) is 18.4 Å². The summed E-state index contributed by atoms with van der Waals surface area (Å²) in [4.78, 5) is 25.9. The van der Waals surface area contributed by atoms with Crippen LogP contribution in [0.15, 0.2) is 18.2 Å². The third-order valence-electron chi connectivity index (χ3n) is 3.94. The van der Waals surface area contributed by atoms with E-state index >= 15 is 0 Å². The highest BCUT2D eigenvalue weighted by Gasteiger charge is 2.24. The van der Waals surface area contributed by atoms with Crippen LogP contribution in [0.25, 0.3) is 0 Å². The lowest BCUT2D eigenvalue weighted by molar-refractivity contribution is -0.135. The average molecular weight is 325 g/mol. The first-order valence-electron chi connectivity index (χ1n) is 7.89. The van der Waals surface area contributed by atoms with Crippen LogP contribution >= 0.6 is 0 Å². The number of rotatable bonds is 6. The van der Waals surface area contributed by atoms with Crippen molar-refractivity contribution in [1.29, 1.82) is 0 Å². The number of halogens is 2. The van der Waals surface area contributed by atoms with Gasteiger partial charge in [-0.25, -0.2) is 8.78 Å². The van der Waals surface area contributed by atoms with Crippen LogP contribution in [0.1, 0.15) is 43.0 Å². The Kier molecular flexibility index (Phi) is 6.21. The van der Waals surface area contributed by atoms with Gasteiger partial charge in [-0.2, -0.15) is 0 Å². The molecule has 0 N–H and O–H groups in total. The molecule has 1 amide bonds. The zero-order chi connectivity index (χ0) is 16.8. The Morgan fingerprint density at radius 2 is 2.04 bits per heavy atom. The molecule has 1 aromatic rings. The molecular formula is C17H21F2NO3. The molecule has 0 bridgehead atoms. The van der Waals surface area contributed by atoms with Crippen LogP contribution in [0.2, 0.25) is 0 Å². The number of nitrogens with zero attached hydrogens (tertiary/aromatic N) is 1. The fourth-order valence-corrected chi connectivity index (χ4v) is 2.73. The van der Waals surface area contributed by atoms with Gasteiger partial charge in [0.2, 0.25) is 5.91 Å². The number of ether oxygens (including phenoxy) is 1. The number of hydrogen-bond acceptors (Lipinski definition) is 3. The smallest absolute Gasteiger partial charge is 0.223 e. The van der Waals surface area contributed by atoms with Gasteiger partial charge in [-0.3, -0.25) is 9.59 Å². The van der Waals surface area contributed by atoms with E-state index in [2.05, 4.69) is 0 Å². The Labute approximate surface area is 134 Å². The van der Waals surface area contributed by atoms with Crippen LogP contribution < -0.4 is 0 Å². The fraction of sp³-hybridized carbons (Fsp3) is 0.529. The summed E-state index contributed by atoms with van der Waals surface area (Å²) >= 11 is 0. The molecular weight excluding hydrogens is 304 g/mol. The molecule has 1 unspecified atom stereocenters. The summed E-state index contributed by atoms with van der Waals surface area (Å²) in [6.45, 7) is 3.75. The van der Waals surface area contributed by atoms with Gasteiger partial charge >= 0.3 is 0 Å². The summed E-state index contributed by atoms with van der Waals surface area (Å²) in [5.74, 6) is -2.52. The van der Waals surface area contributed by atoms with Gasteiger partial charge in [0.1, 0.15) is 0 Å². The Morgan fingerprint density at radius 1 is 1.26 bits per heavy atom. The molecule has 6 heteroatoms. The van der Waals surface area contributed by atoms with Crippen LogP contribution in [-0.4, -0.2) is 42.4 Å². The molecule has 126 valence electrons. The summed E-state index contributed by atoms with van der Waals surface area (Å²) in [5.41, 5.74) is 0.0857. The Bertz CT molecular complexity index is 575. The van der Waals surface area contributed by atoms with Crippen molar-refractivity contribution in [2.24, 2.45) is 0 Å². The number of likely N-dealkylation sites (tertiary alicyclic amines) is 1. The Balaban J connectivity index is 1.85. The van der Waals surface area contributed by atoms with Gasteiger partial charge in [-0.05, 0) is 38.0 Å². The number of carbonyl (C=O) groups is 2. The topological polar surface area (TPSA) is 46.6 Å². The molecule has 1 heterocycles. The molecule has 1 aliphatic rings. The van der Waals surface area contributed by atoms with E-state index in [4.69, 9.17) is 4.74 Å². The third kappa shape index (κ3) is 4.82.